The highest BCUT2D eigenvalue weighted by Gasteiger charge is 2.14. The van der Waals surface area contributed by atoms with Crippen LogP contribution >= 0.6 is 0 Å². The molecule has 6 heteroatoms. The van der Waals surface area contributed by atoms with Gasteiger partial charge in [-0.25, -0.2) is 0 Å². The molecule has 0 aliphatic rings. The summed E-state index contributed by atoms with van der Waals surface area (Å²) >= 11 is 0. The van der Waals surface area contributed by atoms with Gasteiger partial charge in [-0.15, -0.1) is 10.2 Å². The molecule has 6 nitrogen and oxygen atoms in total. The molecule has 1 heterocycles. The van der Waals surface area contributed by atoms with Crippen molar-refractivity contribution >= 4 is 5.91 Å². The molecule has 0 N–H and O–H groups in total. The van der Waals surface area contributed by atoms with Gasteiger partial charge in [-0.3, -0.25) is 4.79 Å². The molecule has 0 unspecified atom stereocenters. The Morgan fingerprint density at radius 2 is 1.80 bits per heavy atom. The van der Waals surface area contributed by atoms with Gasteiger partial charge in [-0.05, 0) is 30.2 Å². The lowest BCUT2D eigenvalue weighted by molar-refractivity contribution is -0.131. The third-order valence-corrected chi connectivity index (χ3v) is 4.13. The predicted molar refractivity (Wildman–Crippen MR) is 95.6 cm³/mol. The number of nitrogens with zero attached hydrogens (tertiary/aromatic N) is 5. The molecular formula is C19H21N5O. The Kier molecular flexibility index (Phi) is 4.88. The van der Waals surface area contributed by atoms with Crippen molar-refractivity contribution in [2.45, 2.75) is 26.9 Å². The average Bonchev–Trinajstić information content (AvgIpc) is 3.06. The first-order valence-electron chi connectivity index (χ1n) is 8.16. The van der Waals surface area contributed by atoms with Crippen LogP contribution in [-0.4, -0.2) is 38.1 Å². The third-order valence-electron chi connectivity index (χ3n) is 4.13. The number of aryl methyl sites for hydroxylation is 2. The molecule has 2 aromatic carbocycles. The van der Waals surface area contributed by atoms with Crippen LogP contribution in [0.2, 0.25) is 0 Å². The van der Waals surface area contributed by atoms with E-state index in [2.05, 4.69) is 15.4 Å². The van der Waals surface area contributed by atoms with Crippen molar-refractivity contribution in [1.82, 2.24) is 25.1 Å². The van der Waals surface area contributed by atoms with Crippen LogP contribution in [0.5, 0.6) is 0 Å². The first-order valence-corrected chi connectivity index (χ1v) is 8.16. The summed E-state index contributed by atoms with van der Waals surface area (Å²) in [7, 11) is 1.78. The smallest absolute Gasteiger partial charge is 0.246 e. The van der Waals surface area contributed by atoms with Crippen molar-refractivity contribution in [3.8, 4) is 11.4 Å². The molecule has 0 spiro atoms. The van der Waals surface area contributed by atoms with Crippen LogP contribution in [0, 0.1) is 13.8 Å². The van der Waals surface area contributed by atoms with E-state index in [1.165, 1.54) is 15.9 Å². The number of carbonyl (C=O) groups excluding carboxylic acids is 1. The first-order chi connectivity index (χ1) is 12.0. The van der Waals surface area contributed by atoms with Crippen molar-refractivity contribution in [1.29, 1.82) is 0 Å². The van der Waals surface area contributed by atoms with Crippen LogP contribution in [0.1, 0.15) is 16.7 Å². The normalized spacial score (nSPS) is 10.7. The summed E-state index contributed by atoms with van der Waals surface area (Å²) in [5.74, 6) is 0.463. The molecule has 0 saturated carbocycles. The molecule has 25 heavy (non-hydrogen) atoms. The highest BCUT2D eigenvalue weighted by atomic mass is 16.2. The number of likely N-dealkylation sites (N-methyl/N-ethyl adjacent to an activating group) is 1. The Balaban J connectivity index is 1.65. The van der Waals surface area contributed by atoms with Crippen LogP contribution < -0.4 is 0 Å². The molecule has 0 atom stereocenters. The lowest BCUT2D eigenvalue weighted by atomic mass is 10.1. The van der Waals surface area contributed by atoms with Gasteiger partial charge < -0.3 is 4.90 Å². The lowest BCUT2D eigenvalue weighted by Crippen LogP contribution is -2.30. The van der Waals surface area contributed by atoms with E-state index in [1.807, 2.05) is 62.4 Å². The minimum atomic E-state index is -0.0592. The minimum Gasteiger partial charge on any atom is -0.340 e. The van der Waals surface area contributed by atoms with Gasteiger partial charge in [0, 0.05) is 19.2 Å². The Morgan fingerprint density at radius 3 is 2.52 bits per heavy atom. The quantitative estimate of drug-likeness (QED) is 0.719. The summed E-state index contributed by atoms with van der Waals surface area (Å²) < 4.78 is 0. The molecule has 0 fully saturated rings. The Bertz CT molecular complexity index is 870. The molecule has 3 rings (SSSR count). The number of hydrogen-bond donors (Lipinski definition) is 0. The van der Waals surface area contributed by atoms with Crippen molar-refractivity contribution in [2.24, 2.45) is 0 Å². The van der Waals surface area contributed by atoms with E-state index >= 15 is 0 Å². The zero-order chi connectivity index (χ0) is 17.8. The monoisotopic (exact) mass is 335 g/mol. The Labute approximate surface area is 147 Å². The van der Waals surface area contributed by atoms with Gasteiger partial charge in [0.15, 0.2) is 0 Å². The van der Waals surface area contributed by atoms with Gasteiger partial charge in [-0.2, -0.15) is 4.80 Å². The van der Waals surface area contributed by atoms with Crippen LogP contribution in [0.3, 0.4) is 0 Å². The number of hydrogen-bond acceptors (Lipinski definition) is 4. The van der Waals surface area contributed by atoms with E-state index in [-0.39, 0.29) is 12.5 Å². The second-order valence-corrected chi connectivity index (χ2v) is 6.19. The van der Waals surface area contributed by atoms with Crippen LogP contribution in [-0.2, 0) is 17.9 Å². The molecular weight excluding hydrogens is 314 g/mol. The number of amides is 1. The summed E-state index contributed by atoms with van der Waals surface area (Å²) in [6.07, 6.45) is 0. The van der Waals surface area contributed by atoms with E-state index in [4.69, 9.17) is 0 Å². The van der Waals surface area contributed by atoms with Gasteiger partial charge in [0.25, 0.3) is 0 Å². The number of tetrazole rings is 1. The van der Waals surface area contributed by atoms with Crippen LogP contribution in [0.25, 0.3) is 11.4 Å². The molecule has 3 aromatic rings. The summed E-state index contributed by atoms with van der Waals surface area (Å²) in [6.45, 7) is 4.70. The molecule has 1 aromatic heterocycles. The van der Waals surface area contributed by atoms with Crippen molar-refractivity contribution in [3.63, 3.8) is 0 Å². The number of carbonyl (C=O) groups is 1. The van der Waals surface area contributed by atoms with Crippen LogP contribution in [0.4, 0.5) is 0 Å². The molecule has 0 bridgehead atoms. The van der Waals surface area contributed by atoms with Gasteiger partial charge in [-0.1, -0.05) is 54.1 Å². The van der Waals surface area contributed by atoms with Crippen LogP contribution in [0.15, 0.2) is 48.5 Å². The molecule has 0 aliphatic heterocycles. The number of benzene rings is 2. The lowest BCUT2D eigenvalue weighted by Gasteiger charge is -2.18. The molecule has 0 aliphatic carbocycles. The van der Waals surface area contributed by atoms with E-state index in [1.54, 1.807) is 11.9 Å². The second-order valence-electron chi connectivity index (χ2n) is 6.19. The zero-order valence-corrected chi connectivity index (χ0v) is 14.7. The first kappa shape index (κ1) is 16.8. The van der Waals surface area contributed by atoms with Gasteiger partial charge in [0.1, 0.15) is 6.54 Å². The predicted octanol–water partition coefficient (Wildman–Crippen LogP) is 2.62. The topological polar surface area (TPSA) is 63.9 Å². The fraction of sp³-hybridized carbons (Fsp3) is 0.263. The van der Waals surface area contributed by atoms with Crippen molar-refractivity contribution in [3.05, 3.63) is 65.2 Å². The Hall–Kier alpha value is -3.02. The van der Waals surface area contributed by atoms with E-state index in [9.17, 15) is 4.79 Å². The van der Waals surface area contributed by atoms with Crippen molar-refractivity contribution in [2.75, 3.05) is 7.05 Å². The van der Waals surface area contributed by atoms with Gasteiger partial charge in [0.2, 0.25) is 11.7 Å². The van der Waals surface area contributed by atoms with E-state index in [0.717, 1.165) is 11.1 Å². The Morgan fingerprint density at radius 1 is 1.08 bits per heavy atom. The summed E-state index contributed by atoms with van der Waals surface area (Å²) in [5, 5.41) is 12.3. The summed E-state index contributed by atoms with van der Waals surface area (Å²) in [6, 6.07) is 15.9. The minimum absolute atomic E-state index is 0.0592. The molecule has 1 amide bonds. The fourth-order valence-electron chi connectivity index (χ4n) is 2.50. The molecule has 128 valence electrons. The van der Waals surface area contributed by atoms with E-state index in [0.29, 0.717) is 12.4 Å². The maximum absolute atomic E-state index is 12.4. The second kappa shape index (κ2) is 7.25. The van der Waals surface area contributed by atoms with E-state index < -0.39 is 0 Å². The SMILES string of the molecule is Cc1ccc(-c2nnn(CC(=O)N(C)Cc3ccccc3C)n2)cc1. The summed E-state index contributed by atoms with van der Waals surface area (Å²) in [4.78, 5) is 15.4. The summed E-state index contributed by atoms with van der Waals surface area (Å²) in [5.41, 5.74) is 4.36. The maximum Gasteiger partial charge on any atom is 0.246 e. The highest BCUT2D eigenvalue weighted by Crippen LogP contribution is 2.14. The highest BCUT2D eigenvalue weighted by molar-refractivity contribution is 5.75. The average molecular weight is 335 g/mol. The fourth-order valence-corrected chi connectivity index (χ4v) is 2.50. The standard InChI is InChI=1S/C19H21N5O/c1-14-8-10-16(11-9-14)19-20-22-24(21-19)13-18(25)23(3)12-17-7-5-4-6-15(17)2/h4-11H,12-13H2,1-3H3. The zero-order valence-electron chi connectivity index (χ0n) is 14.7. The van der Waals surface area contributed by atoms with Gasteiger partial charge >= 0.3 is 0 Å². The third kappa shape index (κ3) is 4.09. The number of aromatic nitrogens is 4. The maximum atomic E-state index is 12.4. The molecule has 0 radical (unpaired) electrons. The molecule has 0 saturated heterocycles. The van der Waals surface area contributed by atoms with Crippen molar-refractivity contribution < 1.29 is 4.79 Å². The largest absolute Gasteiger partial charge is 0.340 e. The van der Waals surface area contributed by atoms with Gasteiger partial charge in [0.05, 0.1) is 0 Å². The number of rotatable bonds is 5.